The molecule has 0 aromatic heterocycles. The van der Waals surface area contributed by atoms with Crippen LogP contribution in [-0.2, 0) is 14.4 Å². The van der Waals surface area contributed by atoms with Crippen LogP contribution in [0.25, 0.3) is 0 Å². The summed E-state index contributed by atoms with van der Waals surface area (Å²) in [4.78, 5) is 17.3. The van der Waals surface area contributed by atoms with Gasteiger partial charge in [0.15, 0.2) is 0 Å². The molecule has 1 aliphatic heterocycles. The van der Waals surface area contributed by atoms with E-state index in [0.29, 0.717) is 0 Å². The van der Waals surface area contributed by atoms with Gasteiger partial charge in [-0.1, -0.05) is 65.8 Å². The van der Waals surface area contributed by atoms with Crippen LogP contribution in [0.15, 0.2) is 65.8 Å². The van der Waals surface area contributed by atoms with Crippen molar-refractivity contribution >= 4 is 11.7 Å². The summed E-state index contributed by atoms with van der Waals surface area (Å²) in [6.45, 7) is 0. The van der Waals surface area contributed by atoms with Crippen LogP contribution >= 0.6 is 0 Å². The zero-order chi connectivity index (χ0) is 14.7. The largest absolute Gasteiger partial charge is 0.466 e. The Labute approximate surface area is 123 Å². The third kappa shape index (κ3) is 2.52. The second kappa shape index (κ2) is 5.79. The first kappa shape index (κ1) is 13.4. The van der Waals surface area contributed by atoms with Crippen molar-refractivity contribution in [1.29, 1.82) is 0 Å². The number of rotatable bonds is 3. The third-order valence-electron chi connectivity index (χ3n) is 3.52. The molecule has 1 heterocycles. The Morgan fingerprint density at radius 1 is 1.05 bits per heavy atom. The molecule has 0 saturated heterocycles. The van der Waals surface area contributed by atoms with E-state index in [2.05, 4.69) is 5.16 Å². The van der Waals surface area contributed by atoms with Gasteiger partial charge in [0, 0.05) is 5.56 Å². The van der Waals surface area contributed by atoms with Gasteiger partial charge in [-0.3, -0.25) is 0 Å². The van der Waals surface area contributed by atoms with E-state index in [9.17, 15) is 4.79 Å². The lowest BCUT2D eigenvalue weighted by Crippen LogP contribution is -2.30. The van der Waals surface area contributed by atoms with Crippen molar-refractivity contribution in [2.45, 2.75) is 12.0 Å². The van der Waals surface area contributed by atoms with Crippen molar-refractivity contribution in [2.75, 3.05) is 7.11 Å². The molecular formula is C17H15NO3. The number of methoxy groups -OCH3 is 1. The van der Waals surface area contributed by atoms with E-state index in [4.69, 9.17) is 9.57 Å². The van der Waals surface area contributed by atoms with Gasteiger partial charge in [-0.2, -0.15) is 0 Å². The molecule has 2 aromatic carbocycles. The maximum absolute atomic E-state index is 12.0. The molecule has 0 unspecified atom stereocenters. The Balaban J connectivity index is 2.02. The first-order valence-electron chi connectivity index (χ1n) is 6.73. The lowest BCUT2D eigenvalue weighted by Gasteiger charge is -2.17. The van der Waals surface area contributed by atoms with Crippen LogP contribution in [0.3, 0.4) is 0 Å². The van der Waals surface area contributed by atoms with Gasteiger partial charge in [-0.25, -0.2) is 4.79 Å². The smallest absolute Gasteiger partial charge is 0.351 e. The van der Waals surface area contributed by atoms with Crippen LogP contribution in [0, 0.1) is 0 Å². The average molecular weight is 281 g/mol. The molecule has 21 heavy (non-hydrogen) atoms. The number of hydrogen-bond acceptors (Lipinski definition) is 4. The second-order valence-corrected chi connectivity index (χ2v) is 4.78. The van der Waals surface area contributed by atoms with Crippen LogP contribution in [0.4, 0.5) is 0 Å². The number of oxime groups is 1. The predicted molar refractivity (Wildman–Crippen MR) is 79.1 cm³/mol. The number of carbonyl (C=O) groups is 1. The van der Waals surface area contributed by atoms with E-state index in [1.165, 1.54) is 7.11 Å². The van der Waals surface area contributed by atoms with Gasteiger partial charge in [0.1, 0.15) is 0 Å². The highest BCUT2D eigenvalue weighted by Crippen LogP contribution is 2.32. The molecule has 0 fully saturated rings. The number of ether oxygens (including phenoxy) is 1. The Morgan fingerprint density at radius 3 is 2.29 bits per heavy atom. The summed E-state index contributed by atoms with van der Waals surface area (Å²) >= 11 is 0. The van der Waals surface area contributed by atoms with E-state index in [1.807, 2.05) is 60.7 Å². The normalized spacial score (nSPS) is 20.5. The van der Waals surface area contributed by atoms with Gasteiger partial charge in [-0.15, -0.1) is 0 Å². The molecule has 0 radical (unpaired) electrons. The van der Waals surface area contributed by atoms with Crippen LogP contribution in [0.5, 0.6) is 0 Å². The summed E-state index contributed by atoms with van der Waals surface area (Å²) in [5.41, 5.74) is 2.67. The first-order valence-corrected chi connectivity index (χ1v) is 6.73. The molecule has 0 saturated carbocycles. The molecule has 0 spiro atoms. The third-order valence-corrected chi connectivity index (χ3v) is 3.52. The lowest BCUT2D eigenvalue weighted by molar-refractivity contribution is -0.153. The van der Waals surface area contributed by atoms with Crippen molar-refractivity contribution in [2.24, 2.45) is 5.16 Å². The Hall–Kier alpha value is -2.62. The standard InChI is InChI=1S/C17H15NO3/c1-20-17(19)16-14(12-8-4-2-5-9-12)15(18-21-16)13-10-6-3-7-11-13/h2-11,14,16H,1H3/t14-,16-/m0/s1. The highest BCUT2D eigenvalue weighted by molar-refractivity contribution is 6.08. The van der Waals surface area contributed by atoms with E-state index < -0.39 is 12.1 Å². The Kier molecular flexibility index (Phi) is 3.69. The number of benzene rings is 2. The van der Waals surface area contributed by atoms with Crippen molar-refractivity contribution < 1.29 is 14.4 Å². The minimum Gasteiger partial charge on any atom is -0.466 e. The highest BCUT2D eigenvalue weighted by Gasteiger charge is 2.41. The zero-order valence-corrected chi connectivity index (χ0v) is 11.6. The molecule has 0 bridgehead atoms. The summed E-state index contributed by atoms with van der Waals surface area (Å²) in [6.07, 6.45) is -0.743. The monoisotopic (exact) mass is 281 g/mol. The number of nitrogens with zero attached hydrogens (tertiary/aromatic N) is 1. The van der Waals surface area contributed by atoms with Gasteiger partial charge in [0.2, 0.25) is 6.10 Å². The Morgan fingerprint density at radius 2 is 1.67 bits per heavy atom. The van der Waals surface area contributed by atoms with Crippen molar-refractivity contribution in [1.82, 2.24) is 0 Å². The topological polar surface area (TPSA) is 47.9 Å². The van der Waals surface area contributed by atoms with Gasteiger partial charge in [0.25, 0.3) is 0 Å². The van der Waals surface area contributed by atoms with Crippen molar-refractivity contribution in [3.05, 3.63) is 71.8 Å². The van der Waals surface area contributed by atoms with Gasteiger partial charge >= 0.3 is 5.97 Å². The lowest BCUT2D eigenvalue weighted by atomic mass is 9.86. The fourth-order valence-corrected chi connectivity index (χ4v) is 2.50. The number of esters is 1. The highest BCUT2D eigenvalue weighted by atomic mass is 16.7. The van der Waals surface area contributed by atoms with E-state index in [1.54, 1.807) is 0 Å². The molecule has 2 aromatic rings. The number of hydrogen-bond donors (Lipinski definition) is 0. The molecule has 0 amide bonds. The minimum atomic E-state index is -0.743. The molecular weight excluding hydrogens is 266 g/mol. The molecule has 4 heteroatoms. The van der Waals surface area contributed by atoms with E-state index >= 15 is 0 Å². The van der Waals surface area contributed by atoms with Crippen LogP contribution in [-0.4, -0.2) is 24.9 Å². The predicted octanol–water partition coefficient (Wildman–Crippen LogP) is 2.75. The summed E-state index contributed by atoms with van der Waals surface area (Å²) in [5.74, 6) is -0.681. The minimum absolute atomic E-state index is 0.263. The molecule has 4 nitrogen and oxygen atoms in total. The average Bonchev–Trinajstić information content (AvgIpc) is 3.00. The van der Waals surface area contributed by atoms with E-state index in [-0.39, 0.29) is 5.92 Å². The fraction of sp³-hybridized carbons (Fsp3) is 0.176. The first-order chi connectivity index (χ1) is 10.3. The fourth-order valence-electron chi connectivity index (χ4n) is 2.50. The SMILES string of the molecule is COC(=O)[C@H]1ON=C(c2ccccc2)[C@@H]1c1ccccc1. The van der Waals surface area contributed by atoms with Crippen LogP contribution < -0.4 is 0 Å². The summed E-state index contributed by atoms with van der Waals surface area (Å²) in [5, 5.41) is 4.13. The quantitative estimate of drug-likeness (QED) is 0.813. The van der Waals surface area contributed by atoms with Crippen molar-refractivity contribution in [3.63, 3.8) is 0 Å². The molecule has 1 aliphatic rings. The van der Waals surface area contributed by atoms with Crippen LogP contribution in [0.1, 0.15) is 17.0 Å². The molecule has 3 rings (SSSR count). The second-order valence-electron chi connectivity index (χ2n) is 4.78. The van der Waals surface area contributed by atoms with Gasteiger partial charge in [-0.05, 0) is 5.56 Å². The Bertz CT molecular complexity index is 652. The van der Waals surface area contributed by atoms with Crippen LogP contribution in [0.2, 0.25) is 0 Å². The maximum atomic E-state index is 12.0. The summed E-state index contributed by atoms with van der Waals surface area (Å²) in [6, 6.07) is 19.5. The summed E-state index contributed by atoms with van der Waals surface area (Å²) < 4.78 is 4.83. The summed E-state index contributed by atoms with van der Waals surface area (Å²) in [7, 11) is 1.36. The van der Waals surface area contributed by atoms with Crippen molar-refractivity contribution in [3.8, 4) is 0 Å². The maximum Gasteiger partial charge on any atom is 0.351 e. The zero-order valence-electron chi connectivity index (χ0n) is 11.6. The molecule has 0 N–H and O–H groups in total. The number of carbonyl (C=O) groups excluding carboxylic acids is 1. The molecule has 2 atom stereocenters. The van der Waals surface area contributed by atoms with Gasteiger partial charge < -0.3 is 9.57 Å². The van der Waals surface area contributed by atoms with E-state index in [0.717, 1.165) is 16.8 Å². The van der Waals surface area contributed by atoms with Gasteiger partial charge in [0.05, 0.1) is 18.7 Å². The molecule has 106 valence electrons. The molecule has 0 aliphatic carbocycles.